The fraction of sp³-hybridized carbons (Fsp3) is 0.750. The van der Waals surface area contributed by atoms with Gasteiger partial charge in [0.1, 0.15) is 0 Å². The molecule has 1 aliphatic rings. The van der Waals surface area contributed by atoms with E-state index in [2.05, 4.69) is 22.3 Å². The van der Waals surface area contributed by atoms with Crippen LogP contribution in [0.15, 0.2) is 5.38 Å². The number of rotatable bonds is 7. The molecule has 0 unspecified atom stereocenters. The molecule has 0 saturated heterocycles. The van der Waals surface area contributed by atoms with Gasteiger partial charge in [-0.05, 0) is 45.7 Å². The second-order valence-electron chi connectivity index (χ2n) is 4.54. The Morgan fingerprint density at radius 3 is 2.94 bits per heavy atom. The van der Waals surface area contributed by atoms with Crippen molar-refractivity contribution >= 4 is 22.9 Å². The maximum atomic E-state index is 5.72. The minimum atomic E-state index is 0.543. The van der Waals surface area contributed by atoms with Gasteiger partial charge < -0.3 is 4.90 Å². The van der Waals surface area contributed by atoms with Crippen LogP contribution in [0.4, 0.5) is 0 Å². The van der Waals surface area contributed by atoms with Crippen LogP contribution in [0.1, 0.15) is 36.4 Å². The van der Waals surface area contributed by atoms with Crippen molar-refractivity contribution in [1.82, 2.24) is 9.88 Å². The lowest BCUT2D eigenvalue weighted by molar-refractivity contribution is 0.316. The van der Waals surface area contributed by atoms with Crippen LogP contribution < -0.4 is 0 Å². The highest BCUT2D eigenvalue weighted by molar-refractivity contribution is 7.09. The molecule has 1 aromatic rings. The van der Waals surface area contributed by atoms with Gasteiger partial charge in [0.15, 0.2) is 0 Å². The van der Waals surface area contributed by atoms with Gasteiger partial charge in [0.05, 0.1) is 16.6 Å². The van der Waals surface area contributed by atoms with E-state index in [1.54, 1.807) is 11.3 Å². The van der Waals surface area contributed by atoms with Gasteiger partial charge in [-0.25, -0.2) is 4.98 Å². The van der Waals surface area contributed by atoms with Crippen molar-refractivity contribution in [2.24, 2.45) is 0 Å². The first-order chi connectivity index (χ1) is 7.79. The number of unbranched alkanes of at least 4 members (excludes halogenated alkanes) is 1. The molecule has 0 aromatic carbocycles. The molecular formula is C12H19ClN2S. The van der Waals surface area contributed by atoms with Gasteiger partial charge in [-0.2, -0.15) is 0 Å². The van der Waals surface area contributed by atoms with Gasteiger partial charge in [-0.1, -0.05) is 0 Å². The van der Waals surface area contributed by atoms with E-state index in [1.807, 2.05) is 0 Å². The highest BCUT2D eigenvalue weighted by atomic mass is 35.5. The molecule has 1 heterocycles. The number of thiazole rings is 1. The van der Waals surface area contributed by atoms with Crippen molar-refractivity contribution in [2.45, 2.75) is 44.0 Å². The van der Waals surface area contributed by atoms with Crippen molar-refractivity contribution in [2.75, 3.05) is 13.6 Å². The second kappa shape index (κ2) is 5.99. The number of aromatic nitrogens is 1. The highest BCUT2D eigenvalue weighted by Crippen LogP contribution is 2.25. The molecule has 1 aromatic heterocycles. The van der Waals surface area contributed by atoms with Gasteiger partial charge in [0, 0.05) is 11.4 Å². The van der Waals surface area contributed by atoms with Crippen LogP contribution in [0.3, 0.4) is 0 Å². The molecule has 90 valence electrons. The van der Waals surface area contributed by atoms with E-state index in [0.717, 1.165) is 18.2 Å². The third-order valence-corrected chi connectivity index (χ3v) is 4.29. The Balaban J connectivity index is 1.60. The quantitative estimate of drug-likeness (QED) is 0.551. The Kier molecular flexibility index (Phi) is 4.62. The van der Waals surface area contributed by atoms with Crippen molar-refractivity contribution in [3.63, 3.8) is 0 Å². The van der Waals surface area contributed by atoms with Gasteiger partial charge in [0.2, 0.25) is 0 Å². The minimum Gasteiger partial charge on any atom is -0.303 e. The van der Waals surface area contributed by atoms with Crippen LogP contribution in [0.25, 0.3) is 0 Å². The maximum absolute atomic E-state index is 5.72. The Morgan fingerprint density at radius 1 is 1.50 bits per heavy atom. The first-order valence-corrected chi connectivity index (χ1v) is 7.40. The molecule has 16 heavy (non-hydrogen) atoms. The van der Waals surface area contributed by atoms with Gasteiger partial charge in [0.25, 0.3) is 0 Å². The minimum absolute atomic E-state index is 0.543. The monoisotopic (exact) mass is 258 g/mol. The molecule has 1 saturated carbocycles. The lowest BCUT2D eigenvalue weighted by Gasteiger charge is -2.14. The van der Waals surface area contributed by atoms with E-state index >= 15 is 0 Å². The molecule has 0 aliphatic heterocycles. The smallest absolute Gasteiger partial charge is 0.0928 e. The summed E-state index contributed by atoms with van der Waals surface area (Å²) in [4.78, 5) is 6.96. The standard InChI is InChI=1S/C12H19ClN2S/c1-15(11-5-6-11)7-3-2-4-12-14-10(8-13)9-16-12/h9,11H,2-8H2,1H3. The van der Waals surface area contributed by atoms with Crippen LogP contribution in [-0.2, 0) is 12.3 Å². The summed E-state index contributed by atoms with van der Waals surface area (Å²) in [6.45, 7) is 1.23. The Morgan fingerprint density at radius 2 is 2.31 bits per heavy atom. The number of halogens is 1. The third kappa shape index (κ3) is 3.72. The Labute approximate surface area is 107 Å². The summed E-state index contributed by atoms with van der Waals surface area (Å²) in [6, 6.07) is 0.891. The van der Waals surface area contributed by atoms with Crippen molar-refractivity contribution in [1.29, 1.82) is 0 Å². The van der Waals surface area contributed by atoms with E-state index < -0.39 is 0 Å². The normalized spacial score (nSPS) is 15.9. The van der Waals surface area contributed by atoms with Crippen molar-refractivity contribution < 1.29 is 0 Å². The number of alkyl halides is 1. The van der Waals surface area contributed by atoms with E-state index in [1.165, 1.54) is 37.2 Å². The first-order valence-electron chi connectivity index (χ1n) is 5.99. The zero-order chi connectivity index (χ0) is 11.4. The summed E-state index contributed by atoms with van der Waals surface area (Å²) in [5.74, 6) is 0.543. The van der Waals surface area contributed by atoms with E-state index in [-0.39, 0.29) is 0 Å². The predicted octanol–water partition coefficient (Wildman–Crippen LogP) is 3.30. The number of hydrogen-bond donors (Lipinski definition) is 0. The second-order valence-corrected chi connectivity index (χ2v) is 5.75. The maximum Gasteiger partial charge on any atom is 0.0928 e. The molecular weight excluding hydrogens is 240 g/mol. The highest BCUT2D eigenvalue weighted by Gasteiger charge is 2.25. The summed E-state index contributed by atoms with van der Waals surface area (Å²) in [5.41, 5.74) is 1.02. The van der Waals surface area contributed by atoms with Crippen LogP contribution in [0, 0.1) is 0 Å². The lowest BCUT2D eigenvalue weighted by Crippen LogP contribution is -2.21. The summed E-state index contributed by atoms with van der Waals surface area (Å²) in [5, 5.41) is 3.31. The van der Waals surface area contributed by atoms with Crippen LogP contribution in [0.2, 0.25) is 0 Å². The molecule has 1 aliphatic carbocycles. The summed E-state index contributed by atoms with van der Waals surface area (Å²) in [6.07, 6.45) is 6.44. The molecule has 1 fully saturated rings. The molecule has 0 amide bonds. The average molecular weight is 259 g/mol. The molecule has 0 radical (unpaired) electrons. The number of aryl methyl sites for hydroxylation is 1. The van der Waals surface area contributed by atoms with Crippen LogP contribution in [-0.4, -0.2) is 29.5 Å². The molecule has 0 atom stereocenters. The summed E-state index contributed by atoms with van der Waals surface area (Å²) >= 11 is 7.46. The largest absolute Gasteiger partial charge is 0.303 e. The number of nitrogens with zero attached hydrogens (tertiary/aromatic N) is 2. The molecule has 0 bridgehead atoms. The molecule has 0 N–H and O–H groups in total. The van der Waals surface area contributed by atoms with Gasteiger partial charge >= 0.3 is 0 Å². The van der Waals surface area contributed by atoms with Crippen molar-refractivity contribution in [3.8, 4) is 0 Å². The zero-order valence-electron chi connectivity index (χ0n) is 9.79. The first kappa shape index (κ1) is 12.3. The fourth-order valence-corrected chi connectivity index (χ4v) is 2.93. The molecule has 0 spiro atoms. The molecule has 4 heteroatoms. The summed E-state index contributed by atoms with van der Waals surface area (Å²) in [7, 11) is 2.24. The zero-order valence-corrected chi connectivity index (χ0v) is 11.4. The van der Waals surface area contributed by atoms with E-state index in [4.69, 9.17) is 11.6 Å². The fourth-order valence-electron chi connectivity index (χ4n) is 1.86. The van der Waals surface area contributed by atoms with Gasteiger partial charge in [-0.15, -0.1) is 22.9 Å². The number of hydrogen-bond acceptors (Lipinski definition) is 3. The van der Waals surface area contributed by atoms with E-state index in [9.17, 15) is 0 Å². The van der Waals surface area contributed by atoms with E-state index in [0.29, 0.717) is 5.88 Å². The summed E-state index contributed by atoms with van der Waals surface area (Å²) < 4.78 is 0. The Hall–Kier alpha value is -0.120. The SMILES string of the molecule is CN(CCCCc1nc(CCl)cs1)C1CC1. The molecule has 2 rings (SSSR count). The van der Waals surface area contributed by atoms with Crippen molar-refractivity contribution in [3.05, 3.63) is 16.1 Å². The van der Waals surface area contributed by atoms with Crippen LogP contribution in [0.5, 0.6) is 0 Å². The topological polar surface area (TPSA) is 16.1 Å². The van der Waals surface area contributed by atoms with Gasteiger partial charge in [-0.3, -0.25) is 0 Å². The molecule has 2 nitrogen and oxygen atoms in total. The average Bonchev–Trinajstić information content (AvgIpc) is 3.04. The third-order valence-electron chi connectivity index (χ3n) is 3.06. The Bertz CT molecular complexity index is 323. The predicted molar refractivity (Wildman–Crippen MR) is 70.3 cm³/mol. The lowest BCUT2D eigenvalue weighted by atomic mass is 10.2. The van der Waals surface area contributed by atoms with Crippen LogP contribution >= 0.6 is 22.9 Å².